The highest BCUT2D eigenvalue weighted by atomic mass is 16.5. The van der Waals surface area contributed by atoms with Gasteiger partial charge in [-0.05, 0) is 32.0 Å². The van der Waals surface area contributed by atoms with Crippen LogP contribution in [0.25, 0.3) is 0 Å². The van der Waals surface area contributed by atoms with Gasteiger partial charge >= 0.3 is 0 Å². The molecule has 0 saturated heterocycles. The van der Waals surface area contributed by atoms with Crippen molar-refractivity contribution in [3.05, 3.63) is 54.1 Å². The van der Waals surface area contributed by atoms with Crippen LogP contribution in [0.1, 0.15) is 19.4 Å². The summed E-state index contributed by atoms with van der Waals surface area (Å²) in [4.78, 5) is 0. The lowest BCUT2D eigenvalue weighted by molar-refractivity contribution is 0.146. The Morgan fingerprint density at radius 1 is 0.913 bits per heavy atom. The maximum absolute atomic E-state index is 5.83. The average molecular weight is 315 g/mol. The van der Waals surface area contributed by atoms with Gasteiger partial charge in [-0.3, -0.25) is 0 Å². The predicted octanol–water partition coefficient (Wildman–Crippen LogP) is 4.11. The van der Waals surface area contributed by atoms with Gasteiger partial charge in [-0.15, -0.1) is 0 Å². The normalized spacial score (nSPS) is 10.6. The second kappa shape index (κ2) is 9.06. The van der Waals surface area contributed by atoms with E-state index in [-0.39, 0.29) is 6.10 Å². The van der Waals surface area contributed by atoms with Crippen molar-refractivity contribution in [2.75, 3.05) is 25.6 Å². The Morgan fingerprint density at radius 3 is 2.35 bits per heavy atom. The number of hydrogen-bond acceptors (Lipinski definition) is 4. The van der Waals surface area contributed by atoms with E-state index in [9.17, 15) is 0 Å². The van der Waals surface area contributed by atoms with Crippen molar-refractivity contribution in [1.29, 1.82) is 0 Å². The van der Waals surface area contributed by atoms with E-state index in [0.29, 0.717) is 19.8 Å². The molecule has 0 unspecified atom stereocenters. The number of ether oxygens (including phenoxy) is 3. The van der Waals surface area contributed by atoms with Crippen molar-refractivity contribution in [2.45, 2.75) is 26.5 Å². The van der Waals surface area contributed by atoms with Gasteiger partial charge in [0.1, 0.15) is 18.1 Å². The Balaban J connectivity index is 2.03. The molecule has 23 heavy (non-hydrogen) atoms. The first kappa shape index (κ1) is 17.2. The molecule has 0 aromatic heterocycles. The Bertz CT molecular complexity index is 599. The highest BCUT2D eigenvalue weighted by Gasteiger charge is 2.07. The fourth-order valence-corrected chi connectivity index (χ4v) is 2.19. The van der Waals surface area contributed by atoms with Crippen LogP contribution >= 0.6 is 0 Å². The first-order valence-corrected chi connectivity index (χ1v) is 7.90. The fraction of sp³-hybridized carbons (Fsp3) is 0.368. The summed E-state index contributed by atoms with van der Waals surface area (Å²) in [6, 6.07) is 16.0. The van der Waals surface area contributed by atoms with Crippen LogP contribution in [0, 0.1) is 0 Å². The number of nitrogens with one attached hydrogen (secondary N) is 1. The van der Waals surface area contributed by atoms with Crippen LogP contribution in [0.4, 0.5) is 5.69 Å². The summed E-state index contributed by atoms with van der Waals surface area (Å²) in [6.45, 7) is 5.83. The number of methoxy groups -OCH3 is 1. The van der Waals surface area contributed by atoms with E-state index in [1.54, 1.807) is 7.11 Å². The summed E-state index contributed by atoms with van der Waals surface area (Å²) >= 11 is 0. The lowest BCUT2D eigenvalue weighted by Gasteiger charge is -2.16. The zero-order valence-corrected chi connectivity index (χ0v) is 14.0. The molecule has 2 aromatic carbocycles. The van der Waals surface area contributed by atoms with Gasteiger partial charge in [-0.2, -0.15) is 0 Å². The molecule has 0 radical (unpaired) electrons. The van der Waals surface area contributed by atoms with E-state index >= 15 is 0 Å². The van der Waals surface area contributed by atoms with Crippen molar-refractivity contribution in [3.63, 3.8) is 0 Å². The van der Waals surface area contributed by atoms with E-state index in [1.165, 1.54) is 0 Å². The Hall–Kier alpha value is -2.20. The Morgan fingerprint density at radius 2 is 1.61 bits per heavy atom. The van der Waals surface area contributed by atoms with E-state index in [4.69, 9.17) is 14.2 Å². The molecule has 0 saturated carbocycles. The third-order valence-electron chi connectivity index (χ3n) is 3.24. The van der Waals surface area contributed by atoms with Gasteiger partial charge in [0.05, 0.1) is 18.4 Å². The minimum atomic E-state index is 0.141. The number of anilines is 1. The van der Waals surface area contributed by atoms with E-state index in [0.717, 1.165) is 22.7 Å². The molecule has 0 heterocycles. The number of hydrogen-bond donors (Lipinski definition) is 1. The molecule has 0 amide bonds. The van der Waals surface area contributed by atoms with Crippen molar-refractivity contribution in [3.8, 4) is 11.5 Å². The summed E-state index contributed by atoms with van der Waals surface area (Å²) in [5.74, 6) is 1.74. The van der Waals surface area contributed by atoms with E-state index in [1.807, 2.05) is 56.3 Å². The predicted molar refractivity (Wildman–Crippen MR) is 93.3 cm³/mol. The smallest absolute Gasteiger partial charge is 0.142 e. The lowest BCUT2D eigenvalue weighted by atomic mass is 10.2. The highest BCUT2D eigenvalue weighted by molar-refractivity contribution is 5.56. The van der Waals surface area contributed by atoms with Crippen LogP contribution in [0.2, 0.25) is 0 Å². The third-order valence-corrected chi connectivity index (χ3v) is 3.24. The molecule has 0 fully saturated rings. The van der Waals surface area contributed by atoms with Gasteiger partial charge in [0.15, 0.2) is 0 Å². The van der Waals surface area contributed by atoms with Crippen LogP contribution in [-0.2, 0) is 11.3 Å². The van der Waals surface area contributed by atoms with Crippen molar-refractivity contribution < 1.29 is 14.2 Å². The molecule has 0 aliphatic rings. The molecule has 4 heteroatoms. The molecule has 0 aliphatic carbocycles. The molecule has 2 rings (SSSR count). The van der Waals surface area contributed by atoms with Gasteiger partial charge in [-0.1, -0.05) is 30.3 Å². The molecule has 0 atom stereocenters. The van der Waals surface area contributed by atoms with Crippen molar-refractivity contribution in [1.82, 2.24) is 0 Å². The van der Waals surface area contributed by atoms with Gasteiger partial charge in [0.25, 0.3) is 0 Å². The van der Waals surface area contributed by atoms with Crippen LogP contribution < -0.4 is 14.8 Å². The molecule has 2 aromatic rings. The zero-order valence-electron chi connectivity index (χ0n) is 14.0. The van der Waals surface area contributed by atoms with Gasteiger partial charge in [0.2, 0.25) is 0 Å². The second-order valence-corrected chi connectivity index (χ2v) is 5.47. The van der Waals surface area contributed by atoms with Gasteiger partial charge in [0, 0.05) is 19.2 Å². The molecular formula is C19H25NO3. The molecule has 1 N–H and O–H groups in total. The third kappa shape index (κ3) is 5.49. The van der Waals surface area contributed by atoms with Crippen LogP contribution in [0.15, 0.2) is 48.5 Å². The first-order chi connectivity index (χ1) is 11.2. The quantitative estimate of drug-likeness (QED) is 0.707. The van der Waals surface area contributed by atoms with Gasteiger partial charge in [-0.25, -0.2) is 0 Å². The minimum absolute atomic E-state index is 0.141. The summed E-state index contributed by atoms with van der Waals surface area (Å²) in [5, 5.41) is 3.43. The van der Waals surface area contributed by atoms with Crippen LogP contribution in [0.3, 0.4) is 0 Å². The first-order valence-electron chi connectivity index (χ1n) is 7.90. The molecule has 0 aliphatic heterocycles. The van der Waals surface area contributed by atoms with E-state index < -0.39 is 0 Å². The van der Waals surface area contributed by atoms with E-state index in [2.05, 4.69) is 11.4 Å². The zero-order chi connectivity index (χ0) is 16.5. The van der Waals surface area contributed by atoms with Crippen molar-refractivity contribution in [2.24, 2.45) is 0 Å². The van der Waals surface area contributed by atoms with Crippen LogP contribution in [-0.4, -0.2) is 26.4 Å². The largest absolute Gasteiger partial charge is 0.491 e. The SMILES string of the molecule is COCCOc1ccccc1CNc1ccccc1OC(C)C. The Kier molecular flexibility index (Phi) is 6.76. The number of benzene rings is 2. The second-order valence-electron chi connectivity index (χ2n) is 5.47. The maximum atomic E-state index is 5.83. The lowest BCUT2D eigenvalue weighted by Crippen LogP contribution is -2.10. The highest BCUT2D eigenvalue weighted by Crippen LogP contribution is 2.26. The summed E-state index contributed by atoms with van der Waals surface area (Å²) in [7, 11) is 1.67. The molecule has 124 valence electrons. The number of rotatable bonds is 9. The monoisotopic (exact) mass is 315 g/mol. The molecular weight excluding hydrogens is 290 g/mol. The fourth-order valence-electron chi connectivity index (χ4n) is 2.19. The summed E-state index contributed by atoms with van der Waals surface area (Å²) in [6.07, 6.45) is 0.141. The molecule has 4 nitrogen and oxygen atoms in total. The minimum Gasteiger partial charge on any atom is -0.491 e. The molecule has 0 spiro atoms. The number of para-hydroxylation sites is 3. The molecule has 0 bridgehead atoms. The average Bonchev–Trinajstić information content (AvgIpc) is 2.55. The summed E-state index contributed by atoms with van der Waals surface area (Å²) < 4.78 is 16.6. The van der Waals surface area contributed by atoms with Gasteiger partial charge < -0.3 is 19.5 Å². The maximum Gasteiger partial charge on any atom is 0.142 e. The topological polar surface area (TPSA) is 39.7 Å². The summed E-state index contributed by atoms with van der Waals surface area (Å²) in [5.41, 5.74) is 2.08. The van der Waals surface area contributed by atoms with Crippen LogP contribution in [0.5, 0.6) is 11.5 Å². The standard InChI is InChI=1S/C19H25NO3/c1-15(2)23-19-11-7-5-9-17(19)20-14-16-8-4-6-10-18(16)22-13-12-21-3/h4-11,15,20H,12-14H2,1-3H3. The van der Waals surface area contributed by atoms with Crippen molar-refractivity contribution >= 4 is 5.69 Å². The Labute approximate surface area is 138 Å².